The Kier molecular flexibility index (Phi) is 8.30. The van der Waals surface area contributed by atoms with Gasteiger partial charge in [-0.15, -0.1) is 0 Å². The van der Waals surface area contributed by atoms with Crippen LogP contribution in [0.15, 0.2) is 42.5 Å². The lowest BCUT2D eigenvalue weighted by atomic mass is 9.72. The van der Waals surface area contributed by atoms with Crippen LogP contribution < -0.4 is 5.73 Å². The number of amides is 1. The van der Waals surface area contributed by atoms with Gasteiger partial charge in [-0.05, 0) is 54.4 Å². The van der Waals surface area contributed by atoms with Crippen LogP contribution in [0.1, 0.15) is 57.6 Å². The number of carbonyl (C=O) groups excluding carboxylic acids is 1. The standard InChI is InChI=1S/C28H38FN2O2/c1-5-15-28(33,22-12-9-16-31(18-22)27(32)26(30)19(3)4)23-13-8-14-24(29)25(23)21-11-7-10-20(6-2)17-21/h7-8,10-11,13-14,17,19,22,26,33H,1,5-6,9,12,15-16,18,30H2,2-4H3/t22?,26-,28?/m0/s1. The summed E-state index contributed by atoms with van der Waals surface area (Å²) in [7, 11) is 0. The van der Waals surface area contributed by atoms with Crippen molar-refractivity contribution >= 4 is 5.91 Å². The minimum Gasteiger partial charge on any atom is -0.385 e. The Morgan fingerprint density at radius 1 is 1.30 bits per heavy atom. The molecule has 0 bridgehead atoms. The first-order valence-corrected chi connectivity index (χ1v) is 12.2. The van der Waals surface area contributed by atoms with E-state index in [0.29, 0.717) is 37.1 Å². The number of likely N-dealkylation sites (tertiary alicyclic amines) is 1. The summed E-state index contributed by atoms with van der Waals surface area (Å²) in [6.07, 6.45) is 3.26. The smallest absolute Gasteiger partial charge is 0.239 e. The highest BCUT2D eigenvalue weighted by Gasteiger charge is 2.43. The summed E-state index contributed by atoms with van der Waals surface area (Å²) in [5.74, 6) is -0.626. The molecule has 1 aliphatic heterocycles. The number of aryl methyl sites for hydroxylation is 1. The zero-order valence-electron chi connectivity index (χ0n) is 20.2. The molecule has 1 saturated heterocycles. The van der Waals surface area contributed by atoms with Gasteiger partial charge in [-0.25, -0.2) is 4.39 Å². The molecule has 0 saturated carbocycles. The SMILES string of the molecule is [CH2]CCC(O)(c1cccc(F)c1-c1cccc(CC)c1)C1CCCN(C(=O)[C@@H](N)C(C)C)C1. The van der Waals surface area contributed by atoms with Crippen molar-refractivity contribution < 1.29 is 14.3 Å². The number of nitrogens with zero attached hydrogens (tertiary/aromatic N) is 1. The topological polar surface area (TPSA) is 66.6 Å². The van der Waals surface area contributed by atoms with Crippen molar-refractivity contribution in [2.24, 2.45) is 17.6 Å². The van der Waals surface area contributed by atoms with Crippen LogP contribution in [-0.4, -0.2) is 35.0 Å². The maximum Gasteiger partial charge on any atom is 0.239 e. The van der Waals surface area contributed by atoms with Crippen LogP contribution in [0, 0.1) is 24.6 Å². The van der Waals surface area contributed by atoms with Gasteiger partial charge >= 0.3 is 0 Å². The average molecular weight is 454 g/mol. The zero-order chi connectivity index (χ0) is 24.2. The van der Waals surface area contributed by atoms with E-state index in [9.17, 15) is 9.90 Å². The lowest BCUT2D eigenvalue weighted by Gasteiger charge is -2.44. The van der Waals surface area contributed by atoms with Crippen LogP contribution in [0.2, 0.25) is 0 Å². The third kappa shape index (κ3) is 5.30. The third-order valence-corrected chi connectivity index (χ3v) is 7.07. The minimum absolute atomic E-state index is 0.0391. The van der Waals surface area contributed by atoms with Gasteiger partial charge in [0.05, 0.1) is 11.6 Å². The number of nitrogens with two attached hydrogens (primary N) is 1. The van der Waals surface area contributed by atoms with Gasteiger partial charge < -0.3 is 15.7 Å². The Balaban J connectivity index is 2.05. The Morgan fingerprint density at radius 2 is 2.03 bits per heavy atom. The van der Waals surface area contributed by atoms with E-state index in [0.717, 1.165) is 30.4 Å². The summed E-state index contributed by atoms with van der Waals surface area (Å²) >= 11 is 0. The highest BCUT2D eigenvalue weighted by Crippen LogP contribution is 2.44. The molecule has 3 rings (SSSR count). The fraction of sp³-hybridized carbons (Fsp3) is 0.500. The monoisotopic (exact) mass is 453 g/mol. The van der Waals surface area contributed by atoms with Crippen LogP contribution in [0.5, 0.6) is 0 Å². The summed E-state index contributed by atoms with van der Waals surface area (Å²) in [6, 6.07) is 12.2. The molecule has 4 nitrogen and oxygen atoms in total. The number of carbonyl (C=O) groups is 1. The Bertz CT molecular complexity index is 961. The molecule has 5 heteroatoms. The van der Waals surface area contributed by atoms with E-state index in [1.54, 1.807) is 11.0 Å². The van der Waals surface area contributed by atoms with Gasteiger partial charge in [-0.1, -0.05) is 70.5 Å². The average Bonchev–Trinajstić information content (AvgIpc) is 2.83. The maximum atomic E-state index is 15.3. The Labute approximate surface area is 198 Å². The van der Waals surface area contributed by atoms with Crippen LogP contribution in [0.4, 0.5) is 4.39 Å². The van der Waals surface area contributed by atoms with E-state index in [1.807, 2.05) is 44.2 Å². The number of halogens is 1. The molecular weight excluding hydrogens is 415 g/mol. The summed E-state index contributed by atoms with van der Waals surface area (Å²) in [5, 5.41) is 12.2. The van der Waals surface area contributed by atoms with Gasteiger partial charge in [-0.3, -0.25) is 4.79 Å². The van der Waals surface area contributed by atoms with Gasteiger partial charge in [0.2, 0.25) is 5.91 Å². The molecule has 1 heterocycles. The molecule has 3 N–H and O–H groups in total. The molecule has 0 aromatic heterocycles. The van der Waals surface area contributed by atoms with E-state index in [-0.39, 0.29) is 23.6 Å². The van der Waals surface area contributed by atoms with Crippen molar-refractivity contribution in [3.63, 3.8) is 0 Å². The van der Waals surface area contributed by atoms with Crippen LogP contribution in [0.3, 0.4) is 0 Å². The second-order valence-electron chi connectivity index (χ2n) is 9.64. The lowest BCUT2D eigenvalue weighted by Crippen LogP contribution is -2.53. The molecule has 2 unspecified atom stereocenters. The molecule has 1 aliphatic rings. The summed E-state index contributed by atoms with van der Waals surface area (Å²) in [6.45, 7) is 11.0. The molecule has 179 valence electrons. The van der Waals surface area contributed by atoms with Crippen molar-refractivity contribution in [2.45, 2.75) is 64.5 Å². The first-order valence-electron chi connectivity index (χ1n) is 12.2. The van der Waals surface area contributed by atoms with E-state index in [4.69, 9.17) is 5.73 Å². The van der Waals surface area contributed by atoms with Crippen molar-refractivity contribution in [3.8, 4) is 11.1 Å². The number of hydrogen-bond acceptors (Lipinski definition) is 3. The van der Waals surface area contributed by atoms with Crippen molar-refractivity contribution in [3.05, 3.63) is 66.3 Å². The largest absolute Gasteiger partial charge is 0.385 e. The number of benzene rings is 2. The van der Waals surface area contributed by atoms with Gasteiger partial charge in [0, 0.05) is 24.6 Å². The first kappa shape index (κ1) is 25.4. The van der Waals surface area contributed by atoms with E-state index in [2.05, 4.69) is 13.8 Å². The van der Waals surface area contributed by atoms with Crippen molar-refractivity contribution in [1.29, 1.82) is 0 Å². The predicted octanol–water partition coefficient (Wildman–Crippen LogP) is 5.08. The fourth-order valence-corrected chi connectivity index (χ4v) is 5.02. The predicted molar refractivity (Wildman–Crippen MR) is 132 cm³/mol. The molecule has 33 heavy (non-hydrogen) atoms. The minimum atomic E-state index is -1.30. The molecule has 0 aliphatic carbocycles. The molecule has 1 fully saturated rings. The number of hydrogen-bond donors (Lipinski definition) is 2. The summed E-state index contributed by atoms with van der Waals surface area (Å²) < 4.78 is 15.3. The molecule has 3 atom stereocenters. The molecule has 2 aromatic rings. The van der Waals surface area contributed by atoms with E-state index >= 15 is 4.39 Å². The second kappa shape index (κ2) is 10.8. The molecule has 1 amide bonds. The molecular formula is C28H38FN2O2. The van der Waals surface area contributed by atoms with Crippen molar-refractivity contribution in [2.75, 3.05) is 13.1 Å². The molecule has 1 radical (unpaired) electrons. The summed E-state index contributed by atoms with van der Waals surface area (Å²) in [5.41, 5.74) is 7.73. The van der Waals surface area contributed by atoms with Crippen LogP contribution in [0.25, 0.3) is 11.1 Å². The maximum absolute atomic E-state index is 15.3. The fourth-order valence-electron chi connectivity index (χ4n) is 5.02. The third-order valence-electron chi connectivity index (χ3n) is 7.07. The Morgan fingerprint density at radius 3 is 2.70 bits per heavy atom. The second-order valence-corrected chi connectivity index (χ2v) is 9.64. The number of piperidine rings is 1. The lowest BCUT2D eigenvalue weighted by molar-refractivity contribution is -0.139. The highest BCUT2D eigenvalue weighted by molar-refractivity contribution is 5.82. The first-order chi connectivity index (χ1) is 15.7. The van der Waals surface area contributed by atoms with Crippen LogP contribution in [-0.2, 0) is 16.8 Å². The number of aliphatic hydroxyl groups is 1. The van der Waals surface area contributed by atoms with Gasteiger partial charge in [0.1, 0.15) is 5.82 Å². The summed E-state index contributed by atoms with van der Waals surface area (Å²) in [4.78, 5) is 14.7. The normalized spacial score (nSPS) is 19.4. The molecule has 2 aromatic carbocycles. The van der Waals surface area contributed by atoms with Crippen molar-refractivity contribution in [1.82, 2.24) is 4.90 Å². The highest BCUT2D eigenvalue weighted by atomic mass is 19.1. The van der Waals surface area contributed by atoms with E-state index in [1.165, 1.54) is 6.07 Å². The van der Waals surface area contributed by atoms with Gasteiger partial charge in [-0.2, -0.15) is 0 Å². The Hall–Kier alpha value is -2.24. The van der Waals surface area contributed by atoms with E-state index < -0.39 is 11.6 Å². The number of rotatable bonds is 8. The molecule has 0 spiro atoms. The van der Waals surface area contributed by atoms with Gasteiger partial charge in [0.15, 0.2) is 0 Å². The van der Waals surface area contributed by atoms with Crippen LogP contribution >= 0.6 is 0 Å². The van der Waals surface area contributed by atoms with Gasteiger partial charge in [0.25, 0.3) is 0 Å². The quantitative estimate of drug-likeness (QED) is 0.586. The zero-order valence-corrected chi connectivity index (χ0v) is 20.2.